The molecule has 0 aliphatic rings. The third kappa shape index (κ3) is 8.15. The molecule has 0 aromatic heterocycles. The van der Waals surface area contributed by atoms with Gasteiger partial charge in [-0.1, -0.05) is 20.8 Å². The van der Waals surface area contributed by atoms with E-state index in [2.05, 4.69) is 4.74 Å². The van der Waals surface area contributed by atoms with Crippen LogP contribution in [-0.2, 0) is 19.0 Å². The molecule has 2 N–H and O–H groups in total. The number of carbonyl (C=O) groups excluding carboxylic acids is 1. The summed E-state index contributed by atoms with van der Waals surface area (Å²) in [6.45, 7) is 6.39. The number of esters is 1. The normalized spacial score (nSPS) is 13.3. The molecule has 19 heavy (non-hydrogen) atoms. The molecule has 0 amide bonds. The molecular formula is C13H26O6. The number of hydrogen-bond acceptors (Lipinski definition) is 6. The molecule has 6 heteroatoms. The van der Waals surface area contributed by atoms with Crippen molar-refractivity contribution >= 4 is 5.97 Å². The van der Waals surface area contributed by atoms with Crippen LogP contribution < -0.4 is 0 Å². The fraction of sp³-hybridized carbons (Fsp3) is 0.923. The van der Waals surface area contributed by atoms with Gasteiger partial charge >= 0.3 is 11.9 Å². The second-order valence-corrected chi connectivity index (χ2v) is 4.32. The molecular weight excluding hydrogens is 252 g/mol. The standard InChI is InChI=1S/C13H26O6/c1-4-7-12(14)19-13(15,16)11(18-9-6-3)10-17-8-5-2/h11,15-16H,4-10H2,1-3H3. The maximum Gasteiger partial charge on any atom is 0.354 e. The minimum Gasteiger partial charge on any atom is -0.406 e. The zero-order chi connectivity index (χ0) is 14.7. The Morgan fingerprint density at radius 3 is 2.26 bits per heavy atom. The van der Waals surface area contributed by atoms with Crippen molar-refractivity contribution < 1.29 is 29.2 Å². The van der Waals surface area contributed by atoms with Crippen LogP contribution in [0.4, 0.5) is 0 Å². The fourth-order valence-corrected chi connectivity index (χ4v) is 1.35. The van der Waals surface area contributed by atoms with Gasteiger partial charge in [-0.2, -0.15) is 0 Å². The lowest BCUT2D eigenvalue weighted by molar-refractivity contribution is -0.368. The molecule has 114 valence electrons. The van der Waals surface area contributed by atoms with Crippen molar-refractivity contribution in [2.24, 2.45) is 0 Å². The largest absolute Gasteiger partial charge is 0.406 e. The van der Waals surface area contributed by atoms with E-state index in [0.29, 0.717) is 26.1 Å². The molecule has 0 aromatic rings. The number of carbonyl (C=O) groups is 1. The predicted octanol–water partition coefficient (Wildman–Crippen LogP) is 1.19. The first-order chi connectivity index (χ1) is 8.97. The van der Waals surface area contributed by atoms with E-state index in [-0.39, 0.29) is 13.0 Å². The average Bonchev–Trinajstić information content (AvgIpc) is 2.32. The number of hydrogen-bond donors (Lipinski definition) is 2. The Hall–Kier alpha value is -0.690. The zero-order valence-electron chi connectivity index (χ0n) is 12.1. The van der Waals surface area contributed by atoms with Crippen molar-refractivity contribution in [1.82, 2.24) is 0 Å². The Kier molecular flexibility index (Phi) is 9.77. The zero-order valence-corrected chi connectivity index (χ0v) is 12.1. The van der Waals surface area contributed by atoms with Crippen LogP contribution in [0.1, 0.15) is 46.5 Å². The van der Waals surface area contributed by atoms with Crippen molar-refractivity contribution in [2.45, 2.75) is 58.5 Å². The summed E-state index contributed by atoms with van der Waals surface area (Å²) in [5.41, 5.74) is 0. The summed E-state index contributed by atoms with van der Waals surface area (Å²) in [5.74, 6) is -3.33. The molecule has 0 rings (SSSR count). The molecule has 0 aliphatic carbocycles. The molecule has 0 saturated carbocycles. The minimum absolute atomic E-state index is 0.0414. The van der Waals surface area contributed by atoms with E-state index in [1.807, 2.05) is 13.8 Å². The van der Waals surface area contributed by atoms with Crippen molar-refractivity contribution in [3.8, 4) is 0 Å². The van der Waals surface area contributed by atoms with E-state index >= 15 is 0 Å². The SMILES string of the molecule is CCCOCC(OCCC)C(O)(O)OC(=O)CCC. The van der Waals surface area contributed by atoms with Crippen molar-refractivity contribution in [2.75, 3.05) is 19.8 Å². The van der Waals surface area contributed by atoms with Crippen molar-refractivity contribution in [3.05, 3.63) is 0 Å². The first-order valence-corrected chi connectivity index (χ1v) is 6.83. The highest BCUT2D eigenvalue weighted by Gasteiger charge is 2.40. The third-order valence-electron chi connectivity index (χ3n) is 2.28. The van der Waals surface area contributed by atoms with Crippen LogP contribution in [0.25, 0.3) is 0 Å². The molecule has 0 saturated heterocycles. The first kappa shape index (κ1) is 18.3. The molecule has 6 nitrogen and oxygen atoms in total. The summed E-state index contributed by atoms with van der Waals surface area (Å²) in [5, 5.41) is 19.6. The van der Waals surface area contributed by atoms with Gasteiger partial charge in [0, 0.05) is 19.6 Å². The first-order valence-electron chi connectivity index (χ1n) is 6.83. The van der Waals surface area contributed by atoms with Crippen molar-refractivity contribution in [1.29, 1.82) is 0 Å². The van der Waals surface area contributed by atoms with E-state index in [9.17, 15) is 15.0 Å². The van der Waals surface area contributed by atoms with Crippen LogP contribution >= 0.6 is 0 Å². The number of rotatable bonds is 11. The van der Waals surface area contributed by atoms with Crippen LogP contribution in [0.5, 0.6) is 0 Å². The average molecular weight is 278 g/mol. The summed E-state index contributed by atoms with van der Waals surface area (Å²) in [6, 6.07) is 0. The molecule has 0 aromatic carbocycles. The van der Waals surface area contributed by atoms with Gasteiger partial charge in [0.25, 0.3) is 0 Å². The Bertz CT molecular complexity index is 241. The summed E-state index contributed by atoms with van der Waals surface area (Å²) in [6.07, 6.45) is 1.10. The molecule has 0 spiro atoms. The van der Waals surface area contributed by atoms with Crippen LogP contribution in [-0.4, -0.2) is 48.1 Å². The summed E-state index contributed by atoms with van der Waals surface area (Å²) in [4.78, 5) is 11.3. The van der Waals surface area contributed by atoms with Gasteiger partial charge in [-0.05, 0) is 19.3 Å². The highest BCUT2D eigenvalue weighted by molar-refractivity contribution is 5.69. The second-order valence-electron chi connectivity index (χ2n) is 4.32. The lowest BCUT2D eigenvalue weighted by atomic mass is 10.3. The van der Waals surface area contributed by atoms with Crippen molar-refractivity contribution in [3.63, 3.8) is 0 Å². The van der Waals surface area contributed by atoms with Gasteiger partial charge < -0.3 is 24.4 Å². The summed E-state index contributed by atoms with van der Waals surface area (Å²) in [7, 11) is 0. The second kappa shape index (κ2) is 10.1. The maximum atomic E-state index is 11.3. The minimum atomic E-state index is -2.66. The van der Waals surface area contributed by atoms with Gasteiger partial charge in [0.2, 0.25) is 0 Å². The van der Waals surface area contributed by atoms with Gasteiger partial charge in [0.05, 0.1) is 6.61 Å². The van der Waals surface area contributed by atoms with Gasteiger partial charge in [-0.3, -0.25) is 4.79 Å². The molecule has 1 unspecified atom stereocenters. The van der Waals surface area contributed by atoms with E-state index in [4.69, 9.17) is 9.47 Å². The number of aliphatic hydroxyl groups is 2. The molecule has 1 atom stereocenters. The molecule has 0 aliphatic heterocycles. The Labute approximate surface area is 114 Å². The van der Waals surface area contributed by atoms with E-state index in [1.54, 1.807) is 6.92 Å². The van der Waals surface area contributed by atoms with Gasteiger partial charge in [-0.15, -0.1) is 0 Å². The smallest absolute Gasteiger partial charge is 0.354 e. The van der Waals surface area contributed by atoms with Crippen LogP contribution in [0.2, 0.25) is 0 Å². The molecule has 0 fully saturated rings. The Morgan fingerprint density at radius 2 is 1.74 bits per heavy atom. The van der Waals surface area contributed by atoms with Crippen LogP contribution in [0, 0.1) is 0 Å². The Morgan fingerprint density at radius 1 is 1.11 bits per heavy atom. The lowest BCUT2D eigenvalue weighted by Gasteiger charge is -2.29. The van der Waals surface area contributed by atoms with Gasteiger partial charge in [-0.25, -0.2) is 0 Å². The summed E-state index contributed by atoms with van der Waals surface area (Å²) >= 11 is 0. The monoisotopic (exact) mass is 278 g/mol. The summed E-state index contributed by atoms with van der Waals surface area (Å²) < 4.78 is 15.1. The van der Waals surface area contributed by atoms with Crippen LogP contribution in [0.15, 0.2) is 0 Å². The van der Waals surface area contributed by atoms with Gasteiger partial charge in [0.15, 0.2) is 6.10 Å². The predicted molar refractivity (Wildman–Crippen MR) is 69.3 cm³/mol. The van der Waals surface area contributed by atoms with E-state index in [0.717, 1.165) is 6.42 Å². The van der Waals surface area contributed by atoms with E-state index in [1.165, 1.54) is 0 Å². The quantitative estimate of drug-likeness (QED) is 0.335. The highest BCUT2D eigenvalue weighted by atomic mass is 16.8. The van der Waals surface area contributed by atoms with Gasteiger partial charge in [0.1, 0.15) is 0 Å². The Balaban J connectivity index is 4.45. The van der Waals surface area contributed by atoms with E-state index < -0.39 is 18.0 Å². The lowest BCUT2D eigenvalue weighted by Crippen LogP contribution is -2.50. The topological polar surface area (TPSA) is 85.2 Å². The maximum absolute atomic E-state index is 11.3. The third-order valence-corrected chi connectivity index (χ3v) is 2.28. The molecule has 0 heterocycles. The number of ether oxygens (including phenoxy) is 3. The fourth-order valence-electron chi connectivity index (χ4n) is 1.35. The highest BCUT2D eigenvalue weighted by Crippen LogP contribution is 2.15. The molecule has 0 bridgehead atoms. The molecule has 0 radical (unpaired) electrons. The van der Waals surface area contributed by atoms with Crippen LogP contribution in [0.3, 0.4) is 0 Å².